The van der Waals surface area contributed by atoms with E-state index in [0.717, 1.165) is 0 Å². The van der Waals surface area contributed by atoms with E-state index in [1.54, 1.807) is 27.7 Å². The van der Waals surface area contributed by atoms with Crippen LogP contribution in [0.2, 0.25) is 0 Å². The van der Waals surface area contributed by atoms with Crippen molar-refractivity contribution >= 4 is 5.78 Å². The molecule has 21 heavy (non-hydrogen) atoms. The summed E-state index contributed by atoms with van der Waals surface area (Å²) < 4.78 is 16.1. The Bertz CT molecular complexity index is 686. The SMILES string of the molecule is C=CC[n+]1cc(C#N)n(CC(=O)c2ccc(F)cc2)c1.[Br-]. The van der Waals surface area contributed by atoms with E-state index in [0.29, 0.717) is 17.8 Å². The van der Waals surface area contributed by atoms with E-state index in [2.05, 4.69) is 6.58 Å². The number of rotatable bonds is 5. The largest absolute Gasteiger partial charge is 1.00 e. The number of carbonyl (C=O) groups is 1. The predicted octanol–water partition coefficient (Wildman–Crippen LogP) is -1.14. The molecule has 0 aliphatic rings. The second-order valence-electron chi connectivity index (χ2n) is 4.29. The maximum Gasteiger partial charge on any atom is 0.245 e. The lowest BCUT2D eigenvalue weighted by Crippen LogP contribution is -3.00. The van der Waals surface area contributed by atoms with Gasteiger partial charge >= 0.3 is 0 Å². The predicted molar refractivity (Wildman–Crippen MR) is 70.3 cm³/mol. The highest BCUT2D eigenvalue weighted by Crippen LogP contribution is 2.06. The van der Waals surface area contributed by atoms with Gasteiger partial charge in [-0.05, 0) is 24.3 Å². The Morgan fingerprint density at radius 1 is 1.43 bits per heavy atom. The molecule has 2 aromatic rings. The topological polar surface area (TPSA) is 49.7 Å². The first-order valence-electron chi connectivity index (χ1n) is 6.03. The minimum Gasteiger partial charge on any atom is -1.00 e. The van der Waals surface area contributed by atoms with Gasteiger partial charge in [0, 0.05) is 5.56 Å². The van der Waals surface area contributed by atoms with Crippen LogP contribution in [0.3, 0.4) is 0 Å². The molecule has 0 N–H and O–H groups in total. The van der Waals surface area contributed by atoms with Gasteiger partial charge in [0.2, 0.25) is 17.8 Å². The average Bonchev–Trinajstić information content (AvgIpc) is 2.81. The van der Waals surface area contributed by atoms with Gasteiger partial charge in [-0.2, -0.15) is 5.26 Å². The number of Topliss-reactive ketones (excluding diaryl/α,β-unsaturated/α-hetero) is 1. The molecule has 0 amide bonds. The molecule has 0 radical (unpaired) electrons. The maximum absolute atomic E-state index is 12.8. The number of hydrogen-bond acceptors (Lipinski definition) is 2. The molecule has 0 atom stereocenters. The number of benzene rings is 1. The van der Waals surface area contributed by atoms with Gasteiger partial charge in [0.1, 0.15) is 24.6 Å². The monoisotopic (exact) mass is 349 g/mol. The van der Waals surface area contributed by atoms with Crippen molar-refractivity contribution in [2.45, 2.75) is 13.1 Å². The van der Waals surface area contributed by atoms with E-state index >= 15 is 0 Å². The van der Waals surface area contributed by atoms with E-state index in [1.807, 2.05) is 6.07 Å². The Morgan fingerprint density at radius 2 is 2.10 bits per heavy atom. The van der Waals surface area contributed by atoms with Crippen LogP contribution in [0.25, 0.3) is 0 Å². The van der Waals surface area contributed by atoms with Gasteiger partial charge < -0.3 is 17.0 Å². The van der Waals surface area contributed by atoms with E-state index in [4.69, 9.17) is 5.26 Å². The highest BCUT2D eigenvalue weighted by atomic mass is 79.9. The number of imidazole rings is 1. The molecule has 1 aromatic carbocycles. The summed E-state index contributed by atoms with van der Waals surface area (Å²) in [5.41, 5.74) is 0.807. The van der Waals surface area contributed by atoms with Crippen LogP contribution in [0, 0.1) is 17.1 Å². The molecule has 0 saturated heterocycles. The van der Waals surface area contributed by atoms with E-state index < -0.39 is 0 Å². The number of aromatic nitrogens is 2. The van der Waals surface area contributed by atoms with Gasteiger partial charge in [-0.15, -0.1) is 0 Å². The van der Waals surface area contributed by atoms with Crippen molar-refractivity contribution in [3.05, 3.63) is 66.5 Å². The molecule has 0 saturated carbocycles. The van der Waals surface area contributed by atoms with E-state index in [1.165, 1.54) is 24.3 Å². The number of nitriles is 1. The summed E-state index contributed by atoms with van der Waals surface area (Å²) in [7, 11) is 0. The zero-order valence-electron chi connectivity index (χ0n) is 11.2. The second kappa shape index (κ2) is 7.50. The average molecular weight is 350 g/mol. The lowest BCUT2D eigenvalue weighted by molar-refractivity contribution is -0.686. The summed E-state index contributed by atoms with van der Waals surface area (Å²) in [6.07, 6.45) is 5.04. The number of carbonyl (C=O) groups excluding carboxylic acids is 1. The molecule has 0 aliphatic carbocycles. The minimum atomic E-state index is -0.385. The first-order valence-corrected chi connectivity index (χ1v) is 6.03. The van der Waals surface area contributed by atoms with Crippen LogP contribution in [-0.2, 0) is 13.1 Å². The summed E-state index contributed by atoms with van der Waals surface area (Å²) in [5, 5.41) is 9.05. The number of hydrogen-bond donors (Lipinski definition) is 0. The normalized spacial score (nSPS) is 9.52. The number of allylic oxidation sites excluding steroid dienone is 1. The van der Waals surface area contributed by atoms with E-state index in [-0.39, 0.29) is 35.1 Å². The quantitative estimate of drug-likeness (QED) is 0.389. The van der Waals surface area contributed by atoms with Crippen molar-refractivity contribution < 1.29 is 30.7 Å². The highest BCUT2D eigenvalue weighted by Gasteiger charge is 2.17. The standard InChI is InChI=1S/C15H13FN3O.BrH/c1-2-7-18-9-14(8-17)19(11-18)10-15(20)12-3-5-13(16)6-4-12;/h2-6,9,11H,1,7,10H2;1H/q+1;/p-1. The smallest absolute Gasteiger partial charge is 0.245 e. The molecule has 0 fully saturated rings. The van der Waals surface area contributed by atoms with Gasteiger partial charge in [0.15, 0.2) is 6.54 Å². The van der Waals surface area contributed by atoms with Crippen molar-refractivity contribution in [3.8, 4) is 6.07 Å². The molecular weight excluding hydrogens is 337 g/mol. The molecule has 108 valence electrons. The lowest BCUT2D eigenvalue weighted by atomic mass is 10.1. The van der Waals surface area contributed by atoms with Gasteiger partial charge in [0.25, 0.3) is 0 Å². The molecule has 0 bridgehead atoms. The van der Waals surface area contributed by atoms with Gasteiger partial charge in [-0.25, -0.2) is 13.5 Å². The van der Waals surface area contributed by atoms with Gasteiger partial charge in [0.05, 0.1) is 0 Å². The molecular formula is C15H13BrFN3O. The van der Waals surface area contributed by atoms with Crippen LogP contribution in [0.4, 0.5) is 4.39 Å². The van der Waals surface area contributed by atoms with E-state index in [9.17, 15) is 9.18 Å². The maximum atomic E-state index is 12.8. The molecule has 0 unspecified atom stereocenters. The molecule has 0 aliphatic heterocycles. The zero-order valence-corrected chi connectivity index (χ0v) is 12.8. The third-order valence-corrected chi connectivity index (χ3v) is 2.82. The third kappa shape index (κ3) is 4.10. The van der Waals surface area contributed by atoms with Crippen LogP contribution >= 0.6 is 0 Å². The Labute approximate surface area is 132 Å². The fourth-order valence-corrected chi connectivity index (χ4v) is 1.86. The van der Waals surface area contributed by atoms with Crippen molar-refractivity contribution in [1.29, 1.82) is 5.26 Å². The highest BCUT2D eigenvalue weighted by molar-refractivity contribution is 5.95. The molecule has 6 heteroatoms. The summed E-state index contributed by atoms with van der Waals surface area (Å²) in [6, 6.07) is 7.39. The second-order valence-corrected chi connectivity index (χ2v) is 4.29. The molecule has 0 spiro atoms. The minimum absolute atomic E-state index is 0. The van der Waals surface area contributed by atoms with Crippen LogP contribution < -0.4 is 21.5 Å². The third-order valence-electron chi connectivity index (χ3n) is 2.82. The Morgan fingerprint density at radius 3 is 2.67 bits per heavy atom. The zero-order chi connectivity index (χ0) is 14.5. The van der Waals surface area contributed by atoms with Crippen molar-refractivity contribution in [2.75, 3.05) is 0 Å². The Kier molecular flexibility index (Phi) is 6.00. The first-order chi connectivity index (χ1) is 9.63. The Balaban J connectivity index is 0.00000220. The number of nitrogens with zero attached hydrogens (tertiary/aromatic N) is 3. The molecule has 1 heterocycles. The fraction of sp³-hybridized carbons (Fsp3) is 0.133. The summed E-state index contributed by atoms with van der Waals surface area (Å²) >= 11 is 0. The van der Waals surface area contributed by atoms with Crippen LogP contribution in [-0.4, -0.2) is 10.4 Å². The fourth-order valence-electron chi connectivity index (χ4n) is 1.86. The lowest BCUT2D eigenvalue weighted by Gasteiger charge is -1.99. The first kappa shape index (κ1) is 16.8. The van der Waals surface area contributed by atoms with Gasteiger partial charge in [-0.1, -0.05) is 12.7 Å². The number of halogens is 2. The Hall–Kier alpha value is -2.26. The van der Waals surface area contributed by atoms with Crippen molar-refractivity contribution in [2.24, 2.45) is 0 Å². The summed E-state index contributed by atoms with van der Waals surface area (Å²) in [5.74, 6) is -0.563. The molecule has 4 nitrogen and oxygen atoms in total. The van der Waals surface area contributed by atoms with Crippen molar-refractivity contribution in [1.82, 2.24) is 4.57 Å². The van der Waals surface area contributed by atoms with Gasteiger partial charge in [-0.3, -0.25) is 4.79 Å². The van der Waals surface area contributed by atoms with Crippen molar-refractivity contribution in [3.63, 3.8) is 0 Å². The molecule has 2 rings (SSSR count). The number of ketones is 1. The van der Waals surface area contributed by atoms with Crippen LogP contribution in [0.1, 0.15) is 16.1 Å². The summed E-state index contributed by atoms with van der Waals surface area (Å²) in [6.45, 7) is 4.22. The van der Waals surface area contributed by atoms with Crippen LogP contribution in [0.15, 0.2) is 49.4 Å². The van der Waals surface area contributed by atoms with Crippen LogP contribution in [0.5, 0.6) is 0 Å². The summed E-state index contributed by atoms with van der Waals surface area (Å²) in [4.78, 5) is 12.1. The molecule has 1 aromatic heterocycles.